The number of ether oxygens (including phenoxy) is 1. The molecule has 1 atom stereocenters. The summed E-state index contributed by atoms with van der Waals surface area (Å²) in [4.78, 5) is 11.0. The summed E-state index contributed by atoms with van der Waals surface area (Å²) in [5, 5.41) is 5.37. The van der Waals surface area contributed by atoms with E-state index in [4.69, 9.17) is 34.8 Å². The van der Waals surface area contributed by atoms with E-state index in [1.165, 1.54) is 7.11 Å². The van der Waals surface area contributed by atoms with Gasteiger partial charge in [-0.2, -0.15) is 0 Å². The quantitative estimate of drug-likeness (QED) is 0.449. The van der Waals surface area contributed by atoms with E-state index in [2.05, 4.69) is 22.3 Å². The number of halogens is 3. The van der Waals surface area contributed by atoms with Gasteiger partial charge in [-0.25, -0.2) is 4.79 Å². The Morgan fingerprint density at radius 2 is 2.00 bits per heavy atom. The number of rotatable bonds is 6. The van der Waals surface area contributed by atoms with Crippen LogP contribution in [0.1, 0.15) is 26.2 Å². The maximum absolute atomic E-state index is 11.0. The summed E-state index contributed by atoms with van der Waals surface area (Å²) in [6.07, 6.45) is 1.74. The van der Waals surface area contributed by atoms with Gasteiger partial charge in [-0.1, -0.05) is 54.6 Å². The van der Waals surface area contributed by atoms with Gasteiger partial charge in [-0.15, -0.1) is 0 Å². The number of alkyl halides is 3. The van der Waals surface area contributed by atoms with Crippen molar-refractivity contribution in [2.75, 3.05) is 13.7 Å². The second kappa shape index (κ2) is 8.23. The van der Waals surface area contributed by atoms with E-state index in [0.29, 0.717) is 6.54 Å². The van der Waals surface area contributed by atoms with E-state index in [9.17, 15) is 4.79 Å². The molecular weight excluding hydrogens is 274 g/mol. The number of hydrogen-bond donors (Lipinski definition) is 2. The first-order chi connectivity index (χ1) is 7.41. The van der Waals surface area contributed by atoms with Crippen LogP contribution in [-0.2, 0) is 4.74 Å². The molecule has 0 aromatic rings. The Morgan fingerprint density at radius 1 is 1.38 bits per heavy atom. The Balaban J connectivity index is 4.07. The lowest BCUT2D eigenvalue weighted by Gasteiger charge is -2.25. The van der Waals surface area contributed by atoms with Crippen LogP contribution in [-0.4, -0.2) is 29.7 Å². The Hall–Kier alpha value is 0.1000. The first-order valence-corrected chi connectivity index (χ1v) is 6.19. The van der Waals surface area contributed by atoms with Crippen molar-refractivity contribution in [3.8, 4) is 0 Å². The van der Waals surface area contributed by atoms with Crippen molar-refractivity contribution in [2.24, 2.45) is 0 Å². The first-order valence-electron chi connectivity index (χ1n) is 5.06. The number of nitrogens with one attached hydrogen (secondary N) is 2. The van der Waals surface area contributed by atoms with Crippen molar-refractivity contribution < 1.29 is 9.53 Å². The molecule has 0 fully saturated rings. The zero-order chi connectivity index (χ0) is 12.6. The lowest BCUT2D eigenvalue weighted by molar-refractivity contribution is 0.164. The summed E-state index contributed by atoms with van der Waals surface area (Å²) in [6.45, 7) is 2.76. The smallest absolute Gasteiger partial charge is 0.408 e. The minimum Gasteiger partial charge on any atom is -0.453 e. The third-order valence-corrected chi connectivity index (χ3v) is 2.56. The number of methoxy groups -OCH3 is 1. The minimum absolute atomic E-state index is 0.640. The number of carbonyl (C=O) groups excluding carboxylic acids is 1. The van der Waals surface area contributed by atoms with E-state index >= 15 is 0 Å². The lowest BCUT2D eigenvalue weighted by Crippen LogP contribution is -2.53. The number of unbranched alkanes of at least 4 members (excludes halogenated alkanes) is 2. The Kier molecular flexibility index (Phi) is 8.28. The zero-order valence-electron chi connectivity index (χ0n) is 9.36. The molecule has 0 aromatic carbocycles. The van der Waals surface area contributed by atoms with Gasteiger partial charge in [-0.05, 0) is 13.0 Å². The highest BCUT2D eigenvalue weighted by atomic mass is 35.6. The molecule has 0 aliphatic rings. The predicted molar refractivity (Wildman–Crippen MR) is 67.1 cm³/mol. The summed E-state index contributed by atoms with van der Waals surface area (Å²) in [7, 11) is 1.25. The highest BCUT2D eigenvalue weighted by molar-refractivity contribution is 6.68. The zero-order valence-corrected chi connectivity index (χ0v) is 11.6. The van der Waals surface area contributed by atoms with Gasteiger partial charge in [0.15, 0.2) is 0 Å². The molecule has 1 amide bonds. The minimum atomic E-state index is -1.61. The molecule has 0 saturated carbocycles. The van der Waals surface area contributed by atoms with Gasteiger partial charge in [0, 0.05) is 0 Å². The topological polar surface area (TPSA) is 50.4 Å². The Bertz CT molecular complexity index is 209. The highest BCUT2D eigenvalue weighted by Crippen LogP contribution is 2.29. The van der Waals surface area contributed by atoms with E-state index in [1.807, 2.05) is 0 Å². The van der Waals surface area contributed by atoms with Crippen LogP contribution < -0.4 is 10.6 Å². The fraction of sp³-hybridized carbons (Fsp3) is 0.889. The van der Waals surface area contributed by atoms with Crippen molar-refractivity contribution in [3.05, 3.63) is 0 Å². The molecule has 16 heavy (non-hydrogen) atoms. The summed E-state index contributed by atoms with van der Waals surface area (Å²) < 4.78 is 2.83. The largest absolute Gasteiger partial charge is 0.453 e. The van der Waals surface area contributed by atoms with Crippen molar-refractivity contribution in [2.45, 2.75) is 36.1 Å². The maximum Gasteiger partial charge on any atom is 0.408 e. The Labute approximate surface area is 111 Å². The molecule has 0 rings (SSSR count). The molecule has 0 spiro atoms. The van der Waals surface area contributed by atoms with Crippen molar-refractivity contribution >= 4 is 40.9 Å². The third-order valence-electron chi connectivity index (χ3n) is 1.90. The molecule has 0 heterocycles. The second-order valence-electron chi connectivity index (χ2n) is 3.27. The molecular formula is C9H17Cl3N2O2. The monoisotopic (exact) mass is 290 g/mol. The molecule has 96 valence electrons. The standard InChI is InChI=1S/C9H17Cl3N2O2/c1-3-4-5-6-13-7(9(10,11)12)14-8(15)16-2/h7,13H,3-6H2,1-2H3,(H,14,15)/t7-/m0/s1. The van der Waals surface area contributed by atoms with Gasteiger partial charge >= 0.3 is 6.09 Å². The highest BCUT2D eigenvalue weighted by Gasteiger charge is 2.33. The fourth-order valence-electron chi connectivity index (χ4n) is 1.05. The van der Waals surface area contributed by atoms with Gasteiger partial charge in [-0.3, -0.25) is 5.32 Å². The van der Waals surface area contributed by atoms with E-state index in [-0.39, 0.29) is 0 Å². The van der Waals surface area contributed by atoms with Crippen LogP contribution in [0, 0.1) is 0 Å². The average molecular weight is 292 g/mol. The average Bonchev–Trinajstić information content (AvgIpc) is 2.20. The molecule has 0 aliphatic carbocycles. The molecule has 0 radical (unpaired) electrons. The fourth-order valence-corrected chi connectivity index (χ4v) is 1.44. The first kappa shape index (κ1) is 16.1. The molecule has 0 aromatic heterocycles. The summed E-state index contributed by atoms with van der Waals surface area (Å²) >= 11 is 17.1. The molecule has 0 aliphatic heterocycles. The predicted octanol–water partition coefficient (Wildman–Crippen LogP) is 2.82. The van der Waals surface area contributed by atoms with Gasteiger partial charge in [0.1, 0.15) is 6.17 Å². The molecule has 4 nitrogen and oxygen atoms in total. The van der Waals surface area contributed by atoms with Gasteiger partial charge in [0.25, 0.3) is 0 Å². The van der Waals surface area contributed by atoms with Crippen molar-refractivity contribution in [1.82, 2.24) is 10.6 Å². The number of hydrogen-bond acceptors (Lipinski definition) is 3. The van der Waals surface area contributed by atoms with Crippen LogP contribution in [0.2, 0.25) is 0 Å². The van der Waals surface area contributed by atoms with Crippen molar-refractivity contribution in [1.29, 1.82) is 0 Å². The van der Waals surface area contributed by atoms with Crippen molar-refractivity contribution in [3.63, 3.8) is 0 Å². The number of alkyl carbamates (subject to hydrolysis) is 1. The number of amides is 1. The van der Waals surface area contributed by atoms with Gasteiger partial charge in [0.2, 0.25) is 3.79 Å². The van der Waals surface area contributed by atoms with E-state index in [0.717, 1.165) is 19.3 Å². The Morgan fingerprint density at radius 3 is 2.44 bits per heavy atom. The summed E-state index contributed by atoms with van der Waals surface area (Å²) in [6, 6.07) is 0. The maximum atomic E-state index is 11.0. The number of carbonyl (C=O) groups is 1. The van der Waals surface area contributed by atoms with Crippen LogP contribution in [0.3, 0.4) is 0 Å². The van der Waals surface area contributed by atoms with Crippen LogP contribution in [0.5, 0.6) is 0 Å². The van der Waals surface area contributed by atoms with Crippen LogP contribution in [0.15, 0.2) is 0 Å². The second-order valence-corrected chi connectivity index (χ2v) is 5.64. The molecule has 0 bridgehead atoms. The van der Waals surface area contributed by atoms with Crippen LogP contribution in [0.25, 0.3) is 0 Å². The molecule has 0 saturated heterocycles. The third kappa shape index (κ3) is 7.39. The van der Waals surface area contributed by atoms with Crippen LogP contribution in [0.4, 0.5) is 4.79 Å². The van der Waals surface area contributed by atoms with E-state index in [1.54, 1.807) is 0 Å². The van der Waals surface area contributed by atoms with Crippen LogP contribution >= 0.6 is 34.8 Å². The molecule has 7 heteroatoms. The van der Waals surface area contributed by atoms with E-state index < -0.39 is 16.1 Å². The van der Waals surface area contributed by atoms with Gasteiger partial charge < -0.3 is 10.1 Å². The molecule has 2 N–H and O–H groups in total. The normalized spacial score (nSPS) is 13.3. The molecule has 0 unspecified atom stereocenters. The summed E-state index contributed by atoms with van der Waals surface area (Å²) in [5.41, 5.74) is 0. The lowest BCUT2D eigenvalue weighted by atomic mass is 10.2. The SMILES string of the molecule is CCCCCN[C@@H](NC(=O)OC)C(Cl)(Cl)Cl. The summed E-state index contributed by atoms with van der Waals surface area (Å²) in [5.74, 6) is 0. The van der Waals surface area contributed by atoms with Gasteiger partial charge in [0.05, 0.1) is 7.11 Å².